The molecule has 0 aromatic heterocycles. The monoisotopic (exact) mass is 255 g/mol. The van der Waals surface area contributed by atoms with Crippen molar-refractivity contribution in [3.8, 4) is 5.75 Å². The smallest absolute Gasteiger partial charge is 0.119 e. The summed E-state index contributed by atoms with van der Waals surface area (Å²) in [5, 5.41) is 3.39. The quantitative estimate of drug-likeness (QED) is 0.883. The van der Waals surface area contributed by atoms with Crippen LogP contribution in [-0.2, 0) is 6.42 Å². The Morgan fingerprint density at radius 2 is 1.89 bits per heavy atom. The number of hydrogen-bond donors (Lipinski definition) is 1. The number of likely N-dealkylation sites (N-methyl/N-ethyl adjacent to an activating group) is 1. The van der Waals surface area contributed by atoms with Gasteiger partial charge in [0, 0.05) is 6.04 Å². The highest BCUT2D eigenvalue weighted by molar-refractivity contribution is 5.33. The number of hydrogen-bond acceptors (Lipinski definition) is 2. The zero-order valence-electron chi connectivity index (χ0n) is 11.8. The molecule has 0 aliphatic rings. The van der Waals surface area contributed by atoms with E-state index in [1.54, 1.807) is 7.11 Å². The molecule has 0 saturated heterocycles. The number of nitrogens with one attached hydrogen (secondary N) is 1. The second-order valence-corrected chi connectivity index (χ2v) is 4.75. The molecule has 2 aromatic carbocycles. The Balaban J connectivity index is 2.22. The maximum atomic E-state index is 5.30. The Bertz CT molecular complexity index is 536. The zero-order chi connectivity index (χ0) is 13.7. The van der Waals surface area contributed by atoms with Crippen LogP contribution in [0.1, 0.15) is 22.7 Å². The third kappa shape index (κ3) is 3.36. The van der Waals surface area contributed by atoms with Crippen LogP contribution in [0.3, 0.4) is 0 Å². The first-order chi connectivity index (χ1) is 9.24. The van der Waals surface area contributed by atoms with Gasteiger partial charge in [0.2, 0.25) is 0 Å². The fraction of sp³-hybridized carbons (Fsp3) is 0.294. The lowest BCUT2D eigenvalue weighted by Gasteiger charge is -2.18. The average Bonchev–Trinajstić information content (AvgIpc) is 2.46. The number of methoxy groups -OCH3 is 1. The molecule has 0 saturated carbocycles. The maximum absolute atomic E-state index is 5.30. The molecule has 0 fully saturated rings. The van der Waals surface area contributed by atoms with Gasteiger partial charge in [-0.3, -0.25) is 0 Å². The Morgan fingerprint density at radius 1 is 1.11 bits per heavy atom. The van der Waals surface area contributed by atoms with Crippen molar-refractivity contribution >= 4 is 0 Å². The standard InChI is InChI=1S/C17H21NO/c1-13-7-4-5-8-14(13)12-17(18-2)15-9-6-10-16(11-15)19-3/h4-11,17-18H,12H2,1-3H3. The van der Waals surface area contributed by atoms with Crippen molar-refractivity contribution in [1.29, 1.82) is 0 Å². The SMILES string of the molecule is CNC(Cc1ccccc1C)c1cccc(OC)c1. The van der Waals surface area contributed by atoms with Crippen LogP contribution in [-0.4, -0.2) is 14.2 Å². The molecule has 19 heavy (non-hydrogen) atoms. The zero-order valence-corrected chi connectivity index (χ0v) is 11.8. The van der Waals surface area contributed by atoms with Crippen LogP contribution in [0.4, 0.5) is 0 Å². The third-order valence-electron chi connectivity index (χ3n) is 3.53. The summed E-state index contributed by atoms with van der Waals surface area (Å²) in [6, 6.07) is 17.1. The number of benzene rings is 2. The van der Waals surface area contributed by atoms with Crippen LogP contribution in [0.5, 0.6) is 5.75 Å². The van der Waals surface area contributed by atoms with Crippen LogP contribution in [0.2, 0.25) is 0 Å². The van der Waals surface area contributed by atoms with Gasteiger partial charge in [0.25, 0.3) is 0 Å². The Kier molecular flexibility index (Phi) is 4.58. The fourth-order valence-electron chi connectivity index (χ4n) is 2.30. The number of ether oxygens (including phenoxy) is 1. The van der Waals surface area contributed by atoms with E-state index in [4.69, 9.17) is 4.74 Å². The molecule has 2 rings (SSSR count). The van der Waals surface area contributed by atoms with Crippen molar-refractivity contribution in [3.05, 3.63) is 65.2 Å². The Labute approximate surface area is 115 Å². The van der Waals surface area contributed by atoms with E-state index < -0.39 is 0 Å². The van der Waals surface area contributed by atoms with Crippen molar-refractivity contribution in [1.82, 2.24) is 5.32 Å². The summed E-state index contributed by atoms with van der Waals surface area (Å²) in [7, 11) is 3.71. The highest BCUT2D eigenvalue weighted by Gasteiger charge is 2.11. The summed E-state index contributed by atoms with van der Waals surface area (Å²) in [5.74, 6) is 0.905. The molecule has 1 unspecified atom stereocenters. The second-order valence-electron chi connectivity index (χ2n) is 4.75. The maximum Gasteiger partial charge on any atom is 0.119 e. The Hall–Kier alpha value is -1.80. The molecular formula is C17H21NO. The lowest BCUT2D eigenvalue weighted by atomic mass is 9.96. The molecule has 0 aliphatic heterocycles. The molecule has 0 aliphatic carbocycles. The minimum Gasteiger partial charge on any atom is -0.497 e. The topological polar surface area (TPSA) is 21.3 Å². The van der Waals surface area contributed by atoms with E-state index in [-0.39, 0.29) is 0 Å². The summed E-state index contributed by atoms with van der Waals surface area (Å²) in [6.07, 6.45) is 0.982. The van der Waals surface area contributed by atoms with Gasteiger partial charge in [-0.05, 0) is 49.2 Å². The molecule has 1 atom stereocenters. The predicted molar refractivity (Wildman–Crippen MR) is 79.7 cm³/mol. The van der Waals surface area contributed by atoms with Crippen LogP contribution < -0.4 is 10.1 Å². The first-order valence-electron chi connectivity index (χ1n) is 6.60. The highest BCUT2D eigenvalue weighted by Crippen LogP contribution is 2.23. The largest absolute Gasteiger partial charge is 0.497 e. The molecule has 0 radical (unpaired) electrons. The molecule has 0 heterocycles. The molecular weight excluding hydrogens is 234 g/mol. The number of rotatable bonds is 5. The summed E-state index contributed by atoms with van der Waals surface area (Å²) in [4.78, 5) is 0. The average molecular weight is 255 g/mol. The van der Waals surface area contributed by atoms with E-state index in [9.17, 15) is 0 Å². The van der Waals surface area contributed by atoms with E-state index in [1.807, 2.05) is 19.2 Å². The van der Waals surface area contributed by atoms with Crippen molar-refractivity contribution < 1.29 is 4.74 Å². The molecule has 0 bridgehead atoms. The first-order valence-corrected chi connectivity index (χ1v) is 6.60. The minimum absolute atomic E-state index is 0.302. The van der Waals surface area contributed by atoms with Crippen molar-refractivity contribution in [2.45, 2.75) is 19.4 Å². The molecule has 100 valence electrons. The van der Waals surface area contributed by atoms with Gasteiger partial charge < -0.3 is 10.1 Å². The van der Waals surface area contributed by atoms with Gasteiger partial charge in [-0.1, -0.05) is 36.4 Å². The van der Waals surface area contributed by atoms with Gasteiger partial charge in [0.05, 0.1) is 7.11 Å². The molecule has 2 nitrogen and oxygen atoms in total. The fourth-order valence-corrected chi connectivity index (χ4v) is 2.30. The van der Waals surface area contributed by atoms with Crippen molar-refractivity contribution in [3.63, 3.8) is 0 Å². The van der Waals surface area contributed by atoms with Gasteiger partial charge in [0.1, 0.15) is 5.75 Å². The molecule has 1 N–H and O–H groups in total. The van der Waals surface area contributed by atoms with Crippen LogP contribution in [0.15, 0.2) is 48.5 Å². The van der Waals surface area contributed by atoms with Gasteiger partial charge >= 0.3 is 0 Å². The van der Waals surface area contributed by atoms with E-state index >= 15 is 0 Å². The lowest BCUT2D eigenvalue weighted by molar-refractivity contribution is 0.413. The highest BCUT2D eigenvalue weighted by atomic mass is 16.5. The summed E-state index contributed by atoms with van der Waals surface area (Å²) >= 11 is 0. The van der Waals surface area contributed by atoms with Crippen LogP contribution in [0.25, 0.3) is 0 Å². The van der Waals surface area contributed by atoms with Crippen molar-refractivity contribution in [2.24, 2.45) is 0 Å². The molecule has 2 aromatic rings. The molecule has 0 spiro atoms. The van der Waals surface area contributed by atoms with E-state index in [2.05, 4.69) is 48.6 Å². The van der Waals surface area contributed by atoms with E-state index in [1.165, 1.54) is 16.7 Å². The lowest BCUT2D eigenvalue weighted by Crippen LogP contribution is -2.19. The third-order valence-corrected chi connectivity index (χ3v) is 3.53. The van der Waals surface area contributed by atoms with Gasteiger partial charge in [0.15, 0.2) is 0 Å². The Morgan fingerprint density at radius 3 is 2.58 bits per heavy atom. The van der Waals surface area contributed by atoms with E-state index in [0.29, 0.717) is 6.04 Å². The normalized spacial score (nSPS) is 12.2. The minimum atomic E-state index is 0.302. The van der Waals surface area contributed by atoms with Crippen LogP contribution in [0, 0.1) is 6.92 Å². The van der Waals surface area contributed by atoms with Gasteiger partial charge in [-0.25, -0.2) is 0 Å². The second kappa shape index (κ2) is 6.39. The molecule has 0 amide bonds. The summed E-state index contributed by atoms with van der Waals surface area (Å²) < 4.78 is 5.30. The van der Waals surface area contributed by atoms with E-state index in [0.717, 1.165) is 12.2 Å². The number of aryl methyl sites for hydroxylation is 1. The van der Waals surface area contributed by atoms with Gasteiger partial charge in [-0.15, -0.1) is 0 Å². The van der Waals surface area contributed by atoms with Crippen molar-refractivity contribution in [2.75, 3.05) is 14.2 Å². The molecule has 2 heteroatoms. The van der Waals surface area contributed by atoms with Crippen LogP contribution >= 0.6 is 0 Å². The predicted octanol–water partition coefficient (Wildman–Crippen LogP) is 3.51. The first kappa shape index (κ1) is 13.6. The summed E-state index contributed by atoms with van der Waals surface area (Å²) in [6.45, 7) is 2.16. The summed E-state index contributed by atoms with van der Waals surface area (Å²) in [5.41, 5.74) is 3.97. The van der Waals surface area contributed by atoms with Gasteiger partial charge in [-0.2, -0.15) is 0 Å².